The summed E-state index contributed by atoms with van der Waals surface area (Å²) in [5, 5.41) is 11.0. The highest BCUT2D eigenvalue weighted by Gasteiger charge is 2.34. The third-order valence-electron chi connectivity index (χ3n) is 5.64. The zero-order valence-electron chi connectivity index (χ0n) is 19.0. The third kappa shape index (κ3) is 5.33. The molecule has 0 aliphatic heterocycles. The van der Waals surface area contributed by atoms with Crippen LogP contribution in [0.5, 0.6) is 0 Å². The average molecular weight is 470 g/mol. The van der Waals surface area contributed by atoms with Gasteiger partial charge in [-0.25, -0.2) is 15.0 Å². The molecule has 0 saturated carbocycles. The van der Waals surface area contributed by atoms with Crippen molar-refractivity contribution in [2.75, 3.05) is 25.0 Å². The Morgan fingerprint density at radius 1 is 1.03 bits per heavy atom. The molecule has 10 heteroatoms. The van der Waals surface area contributed by atoms with E-state index < -0.39 is 11.7 Å². The topological polar surface area (TPSA) is 82.6 Å². The first kappa shape index (κ1) is 23.6. The van der Waals surface area contributed by atoms with Gasteiger partial charge in [0.15, 0.2) is 17.3 Å². The number of aromatic amines is 1. The van der Waals surface area contributed by atoms with Crippen molar-refractivity contribution in [3.8, 4) is 11.4 Å². The Bertz CT molecular complexity index is 1250. The summed E-state index contributed by atoms with van der Waals surface area (Å²) in [5.41, 5.74) is 0.434. The Labute approximate surface area is 195 Å². The Hall–Kier alpha value is -3.53. The lowest BCUT2D eigenvalue weighted by Crippen LogP contribution is -2.24. The maximum Gasteiger partial charge on any atom is 0.417 e. The molecular formula is C24H26F3N7. The first-order valence-electron chi connectivity index (χ1n) is 11.2. The van der Waals surface area contributed by atoms with E-state index in [0.717, 1.165) is 37.5 Å². The lowest BCUT2D eigenvalue weighted by Gasteiger charge is -2.18. The molecule has 0 spiro atoms. The molecule has 4 aromatic rings. The normalized spacial score (nSPS) is 11.9. The van der Waals surface area contributed by atoms with Gasteiger partial charge in [0.2, 0.25) is 0 Å². The second-order valence-electron chi connectivity index (χ2n) is 7.84. The Morgan fingerprint density at radius 3 is 2.59 bits per heavy atom. The molecule has 0 aliphatic rings. The summed E-state index contributed by atoms with van der Waals surface area (Å²) < 4.78 is 41.1. The second-order valence-corrected chi connectivity index (χ2v) is 7.84. The van der Waals surface area contributed by atoms with Gasteiger partial charge in [0, 0.05) is 23.5 Å². The largest absolute Gasteiger partial charge is 0.417 e. The number of rotatable bonds is 9. The molecule has 3 heterocycles. The second kappa shape index (κ2) is 10.2. The Kier molecular flexibility index (Phi) is 7.06. The van der Waals surface area contributed by atoms with Crippen LogP contribution in [0.4, 0.5) is 24.8 Å². The fourth-order valence-electron chi connectivity index (χ4n) is 3.83. The molecule has 178 valence electrons. The van der Waals surface area contributed by atoms with Crippen LogP contribution in [0, 0.1) is 0 Å². The van der Waals surface area contributed by atoms with Crippen LogP contribution in [0.2, 0.25) is 0 Å². The molecular weight excluding hydrogens is 443 g/mol. The van der Waals surface area contributed by atoms with Gasteiger partial charge in [0.1, 0.15) is 5.82 Å². The van der Waals surface area contributed by atoms with Gasteiger partial charge in [-0.1, -0.05) is 32.0 Å². The predicted octanol–water partition coefficient (Wildman–Crippen LogP) is 5.45. The van der Waals surface area contributed by atoms with Crippen molar-refractivity contribution in [1.82, 2.24) is 30.0 Å². The number of alkyl halides is 3. The summed E-state index contributed by atoms with van der Waals surface area (Å²) in [5.74, 6) is 0.886. The number of H-pyrrole nitrogens is 1. The van der Waals surface area contributed by atoms with Crippen molar-refractivity contribution in [3.63, 3.8) is 0 Å². The molecule has 34 heavy (non-hydrogen) atoms. The number of aromatic nitrogens is 5. The van der Waals surface area contributed by atoms with Crippen molar-refractivity contribution in [3.05, 3.63) is 59.9 Å². The minimum atomic E-state index is -4.52. The van der Waals surface area contributed by atoms with Crippen molar-refractivity contribution >= 4 is 22.7 Å². The van der Waals surface area contributed by atoms with Gasteiger partial charge in [-0.3, -0.25) is 5.10 Å². The van der Waals surface area contributed by atoms with Crippen LogP contribution in [0.1, 0.15) is 31.5 Å². The molecule has 0 aliphatic carbocycles. The summed E-state index contributed by atoms with van der Waals surface area (Å²) in [6.45, 7) is 6.97. The van der Waals surface area contributed by atoms with E-state index in [9.17, 15) is 13.2 Å². The highest BCUT2D eigenvalue weighted by Crippen LogP contribution is 2.36. The number of pyridine rings is 1. The number of anilines is 2. The fraction of sp³-hybridized carbons (Fsp3) is 0.333. The van der Waals surface area contributed by atoms with Gasteiger partial charge in [-0.05, 0) is 50.7 Å². The number of hydrogen-bond donors (Lipinski definition) is 2. The lowest BCUT2D eigenvalue weighted by molar-refractivity contribution is -0.137. The molecule has 0 radical (unpaired) electrons. The van der Waals surface area contributed by atoms with Crippen LogP contribution in [0.3, 0.4) is 0 Å². The number of nitrogens with zero attached hydrogens (tertiary/aromatic N) is 5. The summed E-state index contributed by atoms with van der Waals surface area (Å²) in [4.78, 5) is 15.4. The third-order valence-corrected chi connectivity index (χ3v) is 5.64. The maximum atomic E-state index is 13.7. The van der Waals surface area contributed by atoms with E-state index in [2.05, 4.69) is 49.2 Å². The zero-order chi connectivity index (χ0) is 24.1. The van der Waals surface area contributed by atoms with Gasteiger partial charge in [0.25, 0.3) is 0 Å². The molecule has 0 atom stereocenters. The maximum absolute atomic E-state index is 13.7. The lowest BCUT2D eigenvalue weighted by atomic mass is 10.1. The monoisotopic (exact) mass is 469 g/mol. The van der Waals surface area contributed by atoms with E-state index in [-0.39, 0.29) is 11.4 Å². The predicted molar refractivity (Wildman–Crippen MR) is 126 cm³/mol. The summed E-state index contributed by atoms with van der Waals surface area (Å²) >= 11 is 0. The van der Waals surface area contributed by atoms with Crippen molar-refractivity contribution in [1.29, 1.82) is 0 Å². The molecule has 2 N–H and O–H groups in total. The molecule has 0 bridgehead atoms. The van der Waals surface area contributed by atoms with Gasteiger partial charge >= 0.3 is 6.18 Å². The van der Waals surface area contributed by atoms with Crippen LogP contribution < -0.4 is 5.32 Å². The Morgan fingerprint density at radius 2 is 1.82 bits per heavy atom. The van der Waals surface area contributed by atoms with E-state index in [1.54, 1.807) is 24.4 Å². The van der Waals surface area contributed by atoms with Crippen molar-refractivity contribution < 1.29 is 13.2 Å². The smallest absolute Gasteiger partial charge is 0.323 e. The number of fused-ring (bicyclic) bond motifs is 1. The molecule has 4 rings (SSSR count). The van der Waals surface area contributed by atoms with Crippen LogP contribution in [0.15, 0.2) is 48.7 Å². The van der Waals surface area contributed by atoms with Crippen molar-refractivity contribution in [2.45, 2.75) is 32.9 Å². The van der Waals surface area contributed by atoms with Crippen LogP contribution >= 0.6 is 0 Å². The molecule has 0 fully saturated rings. The standard InChI is InChI=1S/C24H26F3N7/c1-3-34(4-2)14-8-9-16-15-20(31-23-18-11-7-13-28-21(18)32-33-23)30-22(29-16)17-10-5-6-12-19(17)24(25,26)27/h5-7,10-13,15H,3-4,8-9,14H2,1-2H3,(H2,28,29,30,31,32,33). The molecule has 0 amide bonds. The van der Waals surface area contributed by atoms with Gasteiger partial charge in [-0.15, -0.1) is 0 Å². The van der Waals surface area contributed by atoms with E-state index in [4.69, 9.17) is 0 Å². The Balaban J connectivity index is 1.71. The number of benzene rings is 1. The first-order valence-corrected chi connectivity index (χ1v) is 11.2. The molecule has 0 saturated heterocycles. The summed E-state index contributed by atoms with van der Waals surface area (Å²) in [7, 11) is 0. The fourth-order valence-corrected chi connectivity index (χ4v) is 3.83. The number of hydrogen-bond acceptors (Lipinski definition) is 6. The summed E-state index contributed by atoms with van der Waals surface area (Å²) in [6, 6.07) is 10.8. The SMILES string of the molecule is CCN(CC)CCCc1cc(Nc2n[nH]c3ncccc23)nc(-c2ccccc2C(F)(F)F)n1. The van der Waals surface area contributed by atoms with E-state index in [1.165, 1.54) is 12.1 Å². The highest BCUT2D eigenvalue weighted by atomic mass is 19.4. The van der Waals surface area contributed by atoms with E-state index >= 15 is 0 Å². The number of halogens is 3. The van der Waals surface area contributed by atoms with E-state index in [0.29, 0.717) is 29.4 Å². The van der Waals surface area contributed by atoms with E-state index in [1.807, 2.05) is 6.07 Å². The minimum Gasteiger partial charge on any atom is -0.323 e. The highest BCUT2D eigenvalue weighted by molar-refractivity contribution is 5.88. The van der Waals surface area contributed by atoms with Crippen LogP contribution in [0.25, 0.3) is 22.4 Å². The first-order chi connectivity index (χ1) is 16.4. The molecule has 1 aromatic carbocycles. The van der Waals surface area contributed by atoms with Gasteiger partial charge < -0.3 is 10.2 Å². The number of nitrogens with one attached hydrogen (secondary N) is 2. The molecule has 3 aromatic heterocycles. The minimum absolute atomic E-state index is 0.0220. The van der Waals surface area contributed by atoms with Gasteiger partial charge in [0.05, 0.1) is 10.9 Å². The zero-order valence-corrected chi connectivity index (χ0v) is 19.0. The molecule has 7 nitrogen and oxygen atoms in total. The average Bonchev–Trinajstić information content (AvgIpc) is 3.24. The summed E-state index contributed by atoms with van der Waals surface area (Å²) in [6.07, 6.45) is -1.43. The van der Waals surface area contributed by atoms with Crippen LogP contribution in [-0.4, -0.2) is 49.7 Å². The quantitative estimate of drug-likeness (QED) is 0.339. The van der Waals surface area contributed by atoms with Crippen LogP contribution in [-0.2, 0) is 12.6 Å². The number of aryl methyl sites for hydroxylation is 1. The van der Waals surface area contributed by atoms with Crippen molar-refractivity contribution in [2.24, 2.45) is 0 Å². The molecule has 0 unspecified atom stereocenters. The van der Waals surface area contributed by atoms with Gasteiger partial charge in [-0.2, -0.15) is 18.3 Å².